The van der Waals surface area contributed by atoms with E-state index in [9.17, 15) is 4.79 Å². The summed E-state index contributed by atoms with van der Waals surface area (Å²) in [4.78, 5) is 14.1. The van der Waals surface area contributed by atoms with Crippen LogP contribution in [0.25, 0.3) is 0 Å². The number of nitrogens with zero attached hydrogens (tertiary/aromatic N) is 1. The second kappa shape index (κ2) is 3.50. The van der Waals surface area contributed by atoms with Crippen LogP contribution < -0.4 is 0 Å². The van der Waals surface area contributed by atoms with Crippen LogP contribution in [0.4, 0.5) is 0 Å². The van der Waals surface area contributed by atoms with Gasteiger partial charge in [0.15, 0.2) is 0 Å². The number of rotatable bonds is 0. The molecule has 2 unspecified atom stereocenters. The highest BCUT2D eigenvalue weighted by Gasteiger charge is 2.55. The van der Waals surface area contributed by atoms with Crippen molar-refractivity contribution in [3.8, 4) is 0 Å². The largest absolute Gasteiger partial charge is 0.428 e. The summed E-state index contributed by atoms with van der Waals surface area (Å²) >= 11 is 0. The molecular weight excluding hydrogens is 226 g/mol. The van der Waals surface area contributed by atoms with Crippen LogP contribution in [0.15, 0.2) is 35.9 Å². The summed E-state index contributed by atoms with van der Waals surface area (Å²) in [5, 5.41) is 0. The first kappa shape index (κ1) is 10.4. The van der Waals surface area contributed by atoms with Crippen molar-refractivity contribution in [1.29, 1.82) is 0 Å². The standard InChI is InChI=1S/C15H17NO2/c17-13-9-15-7-3-1-5-11(15)10-16-8-4-2-6-12(16)14(15)18-13/h2,4,6,8,11H,1,3,5,7,9-10H2. The fraction of sp³-hybridized carbons (Fsp3) is 0.533. The number of hydrogen-bond donors (Lipinski definition) is 0. The third-order valence-corrected chi connectivity index (χ3v) is 4.93. The summed E-state index contributed by atoms with van der Waals surface area (Å²) in [6, 6.07) is 0. The average molecular weight is 243 g/mol. The first-order chi connectivity index (χ1) is 8.79. The maximum Gasteiger partial charge on any atom is 0.311 e. The number of allylic oxidation sites excluding steroid dienone is 4. The van der Waals surface area contributed by atoms with Crippen LogP contribution in [0.5, 0.6) is 0 Å². The van der Waals surface area contributed by atoms with Crippen LogP contribution in [0, 0.1) is 11.3 Å². The molecule has 3 heterocycles. The minimum absolute atomic E-state index is 0.0245. The molecule has 0 aromatic rings. The second-order valence-electron chi connectivity index (χ2n) is 5.82. The zero-order valence-corrected chi connectivity index (χ0v) is 10.4. The van der Waals surface area contributed by atoms with Crippen molar-refractivity contribution < 1.29 is 9.53 Å². The number of carbonyl (C=O) groups excluding carboxylic acids is 1. The molecule has 0 aromatic carbocycles. The molecule has 3 heteroatoms. The summed E-state index contributed by atoms with van der Waals surface area (Å²) in [6.07, 6.45) is 13.7. The number of fused-ring (bicyclic) bond motifs is 1. The molecule has 4 aliphatic rings. The van der Waals surface area contributed by atoms with Crippen LogP contribution in [0.2, 0.25) is 0 Å². The van der Waals surface area contributed by atoms with Gasteiger partial charge in [-0.15, -0.1) is 0 Å². The number of esters is 1. The summed E-state index contributed by atoms with van der Waals surface area (Å²) in [6.45, 7) is 1.04. The highest BCUT2D eigenvalue weighted by atomic mass is 16.5. The first-order valence-corrected chi connectivity index (χ1v) is 6.86. The van der Waals surface area contributed by atoms with Crippen molar-refractivity contribution in [2.24, 2.45) is 11.3 Å². The first-order valence-electron chi connectivity index (χ1n) is 6.86. The average Bonchev–Trinajstić information content (AvgIpc) is 2.72. The highest BCUT2D eigenvalue weighted by molar-refractivity contribution is 5.76. The molecule has 1 aliphatic carbocycles. The van der Waals surface area contributed by atoms with Crippen LogP contribution in [-0.4, -0.2) is 17.4 Å². The van der Waals surface area contributed by atoms with Gasteiger partial charge < -0.3 is 9.64 Å². The van der Waals surface area contributed by atoms with E-state index in [1.165, 1.54) is 19.3 Å². The van der Waals surface area contributed by atoms with Crippen LogP contribution >= 0.6 is 0 Å². The summed E-state index contributed by atoms with van der Waals surface area (Å²) in [7, 11) is 0. The van der Waals surface area contributed by atoms with Gasteiger partial charge >= 0.3 is 5.97 Å². The Morgan fingerprint density at radius 3 is 3.22 bits per heavy atom. The Balaban J connectivity index is 1.89. The summed E-state index contributed by atoms with van der Waals surface area (Å²) < 4.78 is 5.61. The SMILES string of the molecule is O=C1CC23CCCCC2CN2C=CC=CC2=C3O1. The molecule has 18 heavy (non-hydrogen) atoms. The quantitative estimate of drug-likeness (QED) is 0.613. The molecule has 1 spiro atoms. The number of hydrogen-bond acceptors (Lipinski definition) is 3. The molecule has 0 amide bonds. The van der Waals surface area contributed by atoms with Crippen molar-refractivity contribution in [2.45, 2.75) is 32.1 Å². The normalized spacial score (nSPS) is 37.2. The molecule has 3 aliphatic heterocycles. The van der Waals surface area contributed by atoms with E-state index in [0.29, 0.717) is 12.3 Å². The molecule has 4 rings (SSSR count). The van der Waals surface area contributed by atoms with Gasteiger partial charge in [0.05, 0.1) is 12.1 Å². The van der Waals surface area contributed by atoms with Crippen molar-refractivity contribution in [3.05, 3.63) is 35.9 Å². The fourth-order valence-corrected chi connectivity index (χ4v) is 4.09. The van der Waals surface area contributed by atoms with Gasteiger partial charge in [-0.1, -0.05) is 18.9 Å². The lowest BCUT2D eigenvalue weighted by atomic mass is 9.62. The third kappa shape index (κ3) is 1.22. The molecular formula is C15H17NO2. The molecule has 3 nitrogen and oxygen atoms in total. The van der Waals surface area contributed by atoms with E-state index in [0.717, 1.165) is 24.4 Å². The summed E-state index contributed by atoms with van der Waals surface area (Å²) in [5.41, 5.74) is 1.14. The van der Waals surface area contributed by atoms with Gasteiger partial charge in [0.25, 0.3) is 0 Å². The Morgan fingerprint density at radius 1 is 1.33 bits per heavy atom. The van der Waals surface area contributed by atoms with Gasteiger partial charge in [-0.05, 0) is 30.9 Å². The Bertz CT molecular complexity index is 503. The molecule has 94 valence electrons. The molecule has 2 atom stereocenters. The second-order valence-corrected chi connectivity index (χ2v) is 5.82. The van der Waals surface area contributed by atoms with Crippen LogP contribution in [0.1, 0.15) is 32.1 Å². The van der Waals surface area contributed by atoms with Gasteiger partial charge in [-0.25, -0.2) is 0 Å². The lowest BCUT2D eigenvalue weighted by molar-refractivity contribution is -0.135. The topological polar surface area (TPSA) is 29.5 Å². The number of ether oxygens (including phenoxy) is 1. The Labute approximate surface area is 107 Å². The molecule has 0 bridgehead atoms. The summed E-state index contributed by atoms with van der Waals surface area (Å²) in [5.74, 6) is 1.51. The lowest BCUT2D eigenvalue weighted by Crippen LogP contribution is -2.45. The maximum absolute atomic E-state index is 11.8. The molecule has 0 N–H and O–H groups in total. The fourth-order valence-electron chi connectivity index (χ4n) is 4.09. The zero-order valence-electron chi connectivity index (χ0n) is 10.4. The Kier molecular flexibility index (Phi) is 2.02. The number of carbonyl (C=O) groups is 1. The Morgan fingerprint density at radius 2 is 2.28 bits per heavy atom. The lowest BCUT2D eigenvalue weighted by Gasteiger charge is -2.47. The predicted octanol–water partition coefficient (Wildman–Crippen LogP) is 2.72. The smallest absolute Gasteiger partial charge is 0.311 e. The van der Waals surface area contributed by atoms with Gasteiger partial charge in [-0.3, -0.25) is 4.79 Å². The predicted molar refractivity (Wildman–Crippen MR) is 67.1 cm³/mol. The van der Waals surface area contributed by atoms with Gasteiger partial charge in [0.2, 0.25) is 0 Å². The zero-order chi connectivity index (χ0) is 12.2. The van der Waals surface area contributed by atoms with E-state index in [2.05, 4.69) is 23.3 Å². The third-order valence-electron chi connectivity index (χ3n) is 4.93. The van der Waals surface area contributed by atoms with Gasteiger partial charge in [0.1, 0.15) is 5.76 Å². The van der Waals surface area contributed by atoms with Crippen LogP contribution in [-0.2, 0) is 9.53 Å². The van der Waals surface area contributed by atoms with Gasteiger partial charge in [-0.2, -0.15) is 0 Å². The van der Waals surface area contributed by atoms with E-state index in [-0.39, 0.29) is 11.4 Å². The van der Waals surface area contributed by atoms with E-state index in [1.807, 2.05) is 6.08 Å². The molecule has 2 fully saturated rings. The van der Waals surface area contributed by atoms with E-state index >= 15 is 0 Å². The van der Waals surface area contributed by atoms with Crippen molar-refractivity contribution in [2.75, 3.05) is 6.54 Å². The van der Waals surface area contributed by atoms with Crippen molar-refractivity contribution in [3.63, 3.8) is 0 Å². The minimum atomic E-state index is -0.0331. The molecule has 1 saturated carbocycles. The minimum Gasteiger partial charge on any atom is -0.428 e. The van der Waals surface area contributed by atoms with E-state index in [1.54, 1.807) is 0 Å². The molecule has 1 saturated heterocycles. The maximum atomic E-state index is 11.8. The molecule has 0 radical (unpaired) electrons. The van der Waals surface area contributed by atoms with Crippen molar-refractivity contribution >= 4 is 5.97 Å². The van der Waals surface area contributed by atoms with Gasteiger partial charge in [0, 0.05) is 18.2 Å². The molecule has 0 aromatic heterocycles. The monoisotopic (exact) mass is 243 g/mol. The van der Waals surface area contributed by atoms with E-state index in [4.69, 9.17) is 4.74 Å². The highest BCUT2D eigenvalue weighted by Crippen LogP contribution is 2.57. The van der Waals surface area contributed by atoms with E-state index < -0.39 is 0 Å². The van der Waals surface area contributed by atoms with Crippen molar-refractivity contribution in [1.82, 2.24) is 4.90 Å². The van der Waals surface area contributed by atoms with Crippen LogP contribution in [0.3, 0.4) is 0 Å². The Hall–Kier alpha value is -1.51.